The van der Waals surface area contributed by atoms with Crippen molar-refractivity contribution in [2.45, 2.75) is 0 Å². The van der Waals surface area contributed by atoms with Gasteiger partial charge in [0.05, 0.1) is 25.0 Å². The van der Waals surface area contributed by atoms with Gasteiger partial charge in [0.1, 0.15) is 0 Å². The number of β-amino-alcohol motifs (C(OH)–C–C–N with tert-alkyl or cyclic N) is 1. The number of hydrogen-bond donors (Lipinski definition) is 1. The Labute approximate surface area is 163 Å². The number of amides is 2. The molecule has 1 heterocycles. The number of aliphatic hydroxyl groups is 1. The highest BCUT2D eigenvalue weighted by atomic mass is 16.3. The van der Waals surface area contributed by atoms with E-state index in [4.69, 9.17) is 0 Å². The van der Waals surface area contributed by atoms with Crippen molar-refractivity contribution in [1.82, 2.24) is 4.90 Å². The van der Waals surface area contributed by atoms with Crippen molar-refractivity contribution >= 4 is 17.4 Å². The van der Waals surface area contributed by atoms with Crippen LogP contribution < -0.4 is 0 Å². The Kier molecular flexibility index (Phi) is 4.02. The average molecular weight is 371 g/mol. The van der Waals surface area contributed by atoms with Gasteiger partial charge in [-0.2, -0.15) is 0 Å². The largest absolute Gasteiger partial charge is 0.395 e. The molecule has 2 aliphatic carbocycles. The summed E-state index contributed by atoms with van der Waals surface area (Å²) in [4.78, 5) is 27.2. The molecular weight excluding hydrogens is 350 g/mol. The predicted molar refractivity (Wildman–Crippen MR) is 106 cm³/mol. The van der Waals surface area contributed by atoms with Crippen LogP contribution in [0.15, 0.2) is 78.4 Å². The summed E-state index contributed by atoms with van der Waals surface area (Å²) in [7, 11) is 0. The molecule has 4 atom stereocenters. The van der Waals surface area contributed by atoms with Gasteiger partial charge in [-0.25, -0.2) is 0 Å². The van der Waals surface area contributed by atoms with Crippen molar-refractivity contribution in [2.75, 3.05) is 13.2 Å². The molecule has 2 aromatic rings. The summed E-state index contributed by atoms with van der Waals surface area (Å²) in [6, 6.07) is 20.4. The number of fused-ring (bicyclic) bond motifs is 5. The third-order valence-corrected chi connectivity index (χ3v) is 6.24. The highest BCUT2D eigenvalue weighted by Crippen LogP contribution is 2.58. The molecule has 2 bridgehead atoms. The van der Waals surface area contributed by atoms with Crippen LogP contribution in [0.2, 0.25) is 0 Å². The van der Waals surface area contributed by atoms with Gasteiger partial charge in [-0.3, -0.25) is 14.5 Å². The zero-order valence-electron chi connectivity index (χ0n) is 15.4. The van der Waals surface area contributed by atoms with E-state index in [9.17, 15) is 14.7 Å². The second-order valence-corrected chi connectivity index (χ2v) is 7.60. The maximum Gasteiger partial charge on any atom is 0.234 e. The molecule has 1 aliphatic heterocycles. The quantitative estimate of drug-likeness (QED) is 0.664. The second-order valence-electron chi connectivity index (χ2n) is 7.60. The van der Waals surface area contributed by atoms with Crippen LogP contribution in [0, 0.1) is 23.7 Å². The van der Waals surface area contributed by atoms with Crippen LogP contribution in [-0.4, -0.2) is 35.0 Å². The molecule has 0 radical (unpaired) electrons. The lowest BCUT2D eigenvalue weighted by atomic mass is 9.85. The molecule has 0 spiro atoms. The first kappa shape index (κ1) is 17.1. The molecule has 1 saturated heterocycles. The molecule has 1 N–H and O–H groups in total. The summed E-state index contributed by atoms with van der Waals surface area (Å²) >= 11 is 0. The molecule has 2 aromatic carbocycles. The minimum atomic E-state index is -0.341. The first-order valence-electron chi connectivity index (χ1n) is 9.71. The number of rotatable bonds is 4. The van der Waals surface area contributed by atoms with E-state index in [1.165, 1.54) is 10.5 Å². The van der Waals surface area contributed by atoms with Crippen LogP contribution >= 0.6 is 0 Å². The number of imide groups is 1. The molecule has 4 heteroatoms. The number of carbonyl (C=O) groups is 2. The SMILES string of the molecule is O=C1[C@H]2[C@H](C(=O)N1CCO)[C@H]1C=C[C@H]2C1=C(c1ccccc1)c1ccccc1. The van der Waals surface area contributed by atoms with Crippen molar-refractivity contribution in [3.8, 4) is 0 Å². The van der Waals surface area contributed by atoms with Crippen LogP contribution in [0.25, 0.3) is 5.57 Å². The summed E-state index contributed by atoms with van der Waals surface area (Å²) in [5, 5.41) is 9.24. The van der Waals surface area contributed by atoms with Gasteiger partial charge in [0.25, 0.3) is 0 Å². The molecule has 5 rings (SSSR count). The Balaban J connectivity index is 1.67. The molecule has 28 heavy (non-hydrogen) atoms. The topological polar surface area (TPSA) is 57.6 Å². The molecule has 140 valence electrons. The fourth-order valence-corrected chi connectivity index (χ4v) is 5.19. The number of allylic oxidation sites excluding steroid dienone is 3. The zero-order chi connectivity index (χ0) is 19.3. The van der Waals surface area contributed by atoms with E-state index in [2.05, 4.69) is 36.4 Å². The van der Waals surface area contributed by atoms with E-state index in [1.807, 2.05) is 36.4 Å². The van der Waals surface area contributed by atoms with Crippen molar-refractivity contribution < 1.29 is 14.7 Å². The Morgan fingerprint density at radius 3 is 1.68 bits per heavy atom. The molecule has 4 nitrogen and oxygen atoms in total. The van der Waals surface area contributed by atoms with E-state index < -0.39 is 0 Å². The standard InChI is InChI=1S/C24H21NO3/c26-14-13-25-23(27)21-17-11-12-18(22(21)24(25)28)20(17)19(15-7-3-1-4-8-15)16-9-5-2-6-10-16/h1-12,17-18,21-22,26H,13-14H2/t17-,18-,21+,22+/m0/s1. The van der Waals surface area contributed by atoms with Crippen molar-refractivity contribution in [2.24, 2.45) is 23.7 Å². The smallest absolute Gasteiger partial charge is 0.234 e. The van der Waals surface area contributed by atoms with E-state index in [1.54, 1.807) is 0 Å². The van der Waals surface area contributed by atoms with Gasteiger partial charge < -0.3 is 5.11 Å². The number of aliphatic hydroxyl groups excluding tert-OH is 1. The Morgan fingerprint density at radius 1 is 0.786 bits per heavy atom. The molecule has 3 aliphatic rings. The predicted octanol–water partition coefficient (Wildman–Crippen LogP) is 2.90. The second kappa shape index (κ2) is 6.57. The molecular formula is C24H21NO3. The van der Waals surface area contributed by atoms with Crippen LogP contribution in [0.3, 0.4) is 0 Å². The zero-order valence-corrected chi connectivity index (χ0v) is 15.4. The maximum atomic E-state index is 13.0. The van der Waals surface area contributed by atoms with Gasteiger partial charge >= 0.3 is 0 Å². The van der Waals surface area contributed by atoms with Gasteiger partial charge in [-0.15, -0.1) is 0 Å². The van der Waals surface area contributed by atoms with Gasteiger partial charge in [-0.05, 0) is 22.3 Å². The molecule has 1 saturated carbocycles. The van der Waals surface area contributed by atoms with Crippen molar-refractivity contribution in [3.63, 3.8) is 0 Å². The molecule has 2 fully saturated rings. The molecule has 2 amide bonds. The van der Waals surface area contributed by atoms with E-state index in [0.717, 1.165) is 16.7 Å². The summed E-state index contributed by atoms with van der Waals surface area (Å²) < 4.78 is 0. The summed E-state index contributed by atoms with van der Waals surface area (Å²) in [6.45, 7) is -0.102. The van der Waals surface area contributed by atoms with E-state index in [-0.39, 0.29) is 48.6 Å². The number of likely N-dealkylation sites (tertiary alicyclic amines) is 1. The third kappa shape index (κ3) is 2.34. The van der Waals surface area contributed by atoms with Crippen molar-refractivity contribution in [1.29, 1.82) is 0 Å². The first-order valence-corrected chi connectivity index (χ1v) is 9.71. The fraction of sp³-hybridized carbons (Fsp3) is 0.250. The van der Waals surface area contributed by atoms with E-state index in [0.29, 0.717) is 0 Å². The lowest BCUT2D eigenvalue weighted by molar-refractivity contribution is -0.141. The summed E-state index contributed by atoms with van der Waals surface area (Å²) in [6.07, 6.45) is 4.20. The summed E-state index contributed by atoms with van der Waals surface area (Å²) in [5.41, 5.74) is 4.52. The van der Waals surface area contributed by atoms with Crippen LogP contribution in [0.5, 0.6) is 0 Å². The normalized spacial score (nSPS) is 27.6. The van der Waals surface area contributed by atoms with Gasteiger partial charge in [-0.1, -0.05) is 72.8 Å². The Bertz CT molecular complexity index is 918. The monoisotopic (exact) mass is 371 g/mol. The maximum absolute atomic E-state index is 13.0. The minimum absolute atomic E-state index is 0.0643. The van der Waals surface area contributed by atoms with Gasteiger partial charge in [0.15, 0.2) is 0 Å². The number of benzene rings is 2. The van der Waals surface area contributed by atoms with Crippen LogP contribution in [-0.2, 0) is 9.59 Å². The van der Waals surface area contributed by atoms with Gasteiger partial charge in [0.2, 0.25) is 11.8 Å². The van der Waals surface area contributed by atoms with Crippen molar-refractivity contribution in [3.05, 3.63) is 89.5 Å². The number of hydrogen-bond acceptors (Lipinski definition) is 3. The average Bonchev–Trinajstić information content (AvgIpc) is 3.36. The highest BCUT2D eigenvalue weighted by molar-refractivity contribution is 6.08. The lowest BCUT2D eigenvalue weighted by Crippen LogP contribution is -2.35. The molecule has 0 unspecified atom stereocenters. The first-order chi connectivity index (χ1) is 13.7. The van der Waals surface area contributed by atoms with Crippen LogP contribution in [0.4, 0.5) is 0 Å². The van der Waals surface area contributed by atoms with Gasteiger partial charge in [0, 0.05) is 11.8 Å². The fourth-order valence-electron chi connectivity index (χ4n) is 5.19. The van der Waals surface area contributed by atoms with Crippen LogP contribution in [0.1, 0.15) is 11.1 Å². The number of carbonyl (C=O) groups excluding carboxylic acids is 2. The molecule has 0 aromatic heterocycles. The summed E-state index contributed by atoms with van der Waals surface area (Å²) in [5.74, 6) is -1.09. The Hall–Kier alpha value is -2.98. The van der Waals surface area contributed by atoms with E-state index >= 15 is 0 Å². The number of nitrogens with zero attached hydrogens (tertiary/aromatic N) is 1. The highest BCUT2D eigenvalue weighted by Gasteiger charge is 2.61. The minimum Gasteiger partial charge on any atom is -0.395 e. The Morgan fingerprint density at radius 2 is 1.25 bits per heavy atom. The third-order valence-electron chi connectivity index (χ3n) is 6.24. The lowest BCUT2D eigenvalue weighted by Gasteiger charge is -2.21.